The Balaban J connectivity index is 2.01. The van der Waals surface area contributed by atoms with Crippen LogP contribution in [0.15, 0.2) is 48.7 Å². The molecule has 0 bridgehead atoms. The van der Waals surface area contributed by atoms with Crippen LogP contribution >= 0.6 is 0 Å². The number of nitrogens with zero attached hydrogens (tertiary/aromatic N) is 1. The third-order valence-electron chi connectivity index (χ3n) is 3.57. The van der Waals surface area contributed by atoms with E-state index in [4.69, 9.17) is 0 Å². The van der Waals surface area contributed by atoms with E-state index in [0.29, 0.717) is 17.5 Å². The van der Waals surface area contributed by atoms with Gasteiger partial charge in [0.25, 0.3) is 0 Å². The molecule has 0 atom stereocenters. The Kier molecular flexibility index (Phi) is 3.29. The van der Waals surface area contributed by atoms with Crippen molar-refractivity contribution in [3.63, 3.8) is 0 Å². The maximum Gasteiger partial charge on any atom is 0.169 e. The summed E-state index contributed by atoms with van der Waals surface area (Å²) >= 11 is 0. The highest BCUT2D eigenvalue weighted by molar-refractivity contribution is 6.10. The van der Waals surface area contributed by atoms with Gasteiger partial charge in [0.05, 0.1) is 11.6 Å². The molecule has 0 saturated carbocycles. The Hall–Kier alpha value is -2.86. The van der Waals surface area contributed by atoms with Crippen LogP contribution in [-0.4, -0.2) is 10.8 Å². The summed E-state index contributed by atoms with van der Waals surface area (Å²) < 4.78 is 0. The topological polar surface area (TPSA) is 56.6 Å². The molecule has 0 aliphatic rings. The lowest BCUT2D eigenvalue weighted by Crippen LogP contribution is -2.03. The Morgan fingerprint density at radius 2 is 2.05 bits per heavy atom. The number of hydrogen-bond acceptors (Lipinski definition) is 2. The zero-order chi connectivity index (χ0) is 14.8. The van der Waals surface area contributed by atoms with Crippen LogP contribution in [0, 0.1) is 18.3 Å². The lowest BCUT2D eigenvalue weighted by molar-refractivity contribution is 0.0994. The van der Waals surface area contributed by atoms with Crippen molar-refractivity contribution in [2.45, 2.75) is 13.3 Å². The fraction of sp³-hybridized carbons (Fsp3) is 0.111. The highest BCUT2D eigenvalue weighted by atomic mass is 16.1. The normalized spacial score (nSPS) is 10.5. The molecule has 0 unspecified atom stereocenters. The van der Waals surface area contributed by atoms with Gasteiger partial charge >= 0.3 is 0 Å². The summed E-state index contributed by atoms with van der Waals surface area (Å²) in [5.74, 6) is 0.0227. The van der Waals surface area contributed by atoms with E-state index in [1.165, 1.54) is 0 Å². The number of benzene rings is 2. The maximum atomic E-state index is 12.5. The zero-order valence-electron chi connectivity index (χ0n) is 11.7. The van der Waals surface area contributed by atoms with E-state index in [1.807, 2.05) is 43.3 Å². The average molecular weight is 274 g/mol. The summed E-state index contributed by atoms with van der Waals surface area (Å²) in [6.45, 7) is 2.01. The number of fused-ring (bicyclic) bond motifs is 1. The molecule has 102 valence electrons. The van der Waals surface area contributed by atoms with Crippen molar-refractivity contribution >= 4 is 16.7 Å². The van der Waals surface area contributed by atoms with Gasteiger partial charge < -0.3 is 4.98 Å². The minimum atomic E-state index is 0.0227. The second kappa shape index (κ2) is 5.26. The van der Waals surface area contributed by atoms with Crippen LogP contribution in [0.1, 0.15) is 27.0 Å². The monoisotopic (exact) mass is 274 g/mol. The third kappa shape index (κ3) is 2.44. The second-order valence-corrected chi connectivity index (χ2v) is 5.13. The summed E-state index contributed by atoms with van der Waals surface area (Å²) in [6, 6.07) is 15.5. The van der Waals surface area contributed by atoms with Crippen molar-refractivity contribution in [1.82, 2.24) is 4.98 Å². The molecule has 0 saturated heterocycles. The average Bonchev–Trinajstić information content (AvgIpc) is 2.91. The van der Waals surface area contributed by atoms with E-state index >= 15 is 0 Å². The van der Waals surface area contributed by atoms with Crippen molar-refractivity contribution in [2.24, 2.45) is 0 Å². The Bertz CT molecular complexity index is 868. The highest BCUT2D eigenvalue weighted by Crippen LogP contribution is 2.23. The first-order chi connectivity index (χ1) is 10.2. The molecule has 21 heavy (non-hydrogen) atoms. The molecular weight excluding hydrogens is 260 g/mol. The molecule has 0 spiro atoms. The van der Waals surface area contributed by atoms with E-state index in [9.17, 15) is 10.1 Å². The molecule has 1 N–H and O–H groups in total. The van der Waals surface area contributed by atoms with E-state index in [1.54, 1.807) is 12.3 Å². The first-order valence-electron chi connectivity index (χ1n) is 6.78. The number of H-pyrrole nitrogens is 1. The first-order valence-corrected chi connectivity index (χ1v) is 6.78. The number of aromatic nitrogens is 1. The summed E-state index contributed by atoms with van der Waals surface area (Å²) in [5, 5.41) is 9.93. The largest absolute Gasteiger partial charge is 0.360 e. The van der Waals surface area contributed by atoms with Crippen molar-refractivity contribution in [2.75, 3.05) is 0 Å². The Labute approximate surface area is 122 Å². The van der Waals surface area contributed by atoms with E-state index in [0.717, 1.165) is 22.0 Å². The van der Waals surface area contributed by atoms with Gasteiger partial charge in [0.15, 0.2) is 5.78 Å². The molecule has 3 heteroatoms. The lowest BCUT2D eigenvalue weighted by atomic mass is 9.99. The fourth-order valence-corrected chi connectivity index (χ4v) is 2.60. The number of Topliss-reactive ketones (excluding diaryl/α,β-unsaturated/α-hetero) is 1. The Morgan fingerprint density at radius 1 is 1.24 bits per heavy atom. The third-order valence-corrected chi connectivity index (χ3v) is 3.57. The molecule has 3 aromatic rings. The predicted octanol–water partition coefficient (Wildman–Crippen LogP) is 3.77. The van der Waals surface area contributed by atoms with Crippen LogP contribution < -0.4 is 0 Å². The van der Waals surface area contributed by atoms with Crippen LogP contribution in [0.4, 0.5) is 0 Å². The summed E-state index contributed by atoms with van der Waals surface area (Å²) in [7, 11) is 0. The van der Waals surface area contributed by atoms with Gasteiger partial charge in [-0.3, -0.25) is 4.79 Å². The van der Waals surface area contributed by atoms with Gasteiger partial charge in [-0.1, -0.05) is 35.9 Å². The van der Waals surface area contributed by atoms with Gasteiger partial charge in [0.1, 0.15) is 0 Å². The minimum Gasteiger partial charge on any atom is -0.360 e. The number of hydrogen-bond donors (Lipinski definition) is 1. The zero-order valence-corrected chi connectivity index (χ0v) is 11.7. The van der Waals surface area contributed by atoms with Crippen LogP contribution in [0.25, 0.3) is 10.9 Å². The van der Waals surface area contributed by atoms with Gasteiger partial charge in [0, 0.05) is 29.1 Å². The Morgan fingerprint density at radius 3 is 2.81 bits per heavy atom. The first kappa shape index (κ1) is 13.1. The highest BCUT2D eigenvalue weighted by Gasteiger charge is 2.15. The van der Waals surface area contributed by atoms with Crippen LogP contribution in [-0.2, 0) is 6.42 Å². The summed E-state index contributed by atoms with van der Waals surface area (Å²) in [4.78, 5) is 15.6. The van der Waals surface area contributed by atoms with Gasteiger partial charge in [0.2, 0.25) is 0 Å². The SMILES string of the molecule is Cc1cccc(CC(=O)c2c[nH]c3cccc(C#N)c23)c1. The number of rotatable bonds is 3. The quantitative estimate of drug-likeness (QED) is 0.739. The van der Waals surface area contributed by atoms with Gasteiger partial charge in [-0.25, -0.2) is 0 Å². The molecule has 0 fully saturated rings. The van der Waals surface area contributed by atoms with Crippen LogP contribution in [0.5, 0.6) is 0 Å². The lowest BCUT2D eigenvalue weighted by Gasteiger charge is -2.02. The number of nitriles is 1. The van der Waals surface area contributed by atoms with Crippen molar-refractivity contribution in [1.29, 1.82) is 5.26 Å². The molecule has 1 aromatic heterocycles. The van der Waals surface area contributed by atoms with Crippen LogP contribution in [0.2, 0.25) is 0 Å². The molecule has 1 heterocycles. The molecule has 0 aliphatic heterocycles. The maximum absolute atomic E-state index is 12.5. The van der Waals surface area contributed by atoms with Gasteiger partial charge in [-0.05, 0) is 24.6 Å². The fourth-order valence-electron chi connectivity index (χ4n) is 2.60. The van der Waals surface area contributed by atoms with Gasteiger partial charge in [-0.15, -0.1) is 0 Å². The van der Waals surface area contributed by atoms with Crippen molar-refractivity contribution < 1.29 is 4.79 Å². The number of aryl methyl sites for hydroxylation is 1. The van der Waals surface area contributed by atoms with E-state index < -0.39 is 0 Å². The molecule has 3 rings (SSSR count). The molecule has 3 nitrogen and oxygen atoms in total. The second-order valence-electron chi connectivity index (χ2n) is 5.13. The van der Waals surface area contributed by atoms with Crippen molar-refractivity contribution in [3.8, 4) is 6.07 Å². The number of nitrogens with one attached hydrogen (secondary N) is 1. The number of carbonyl (C=O) groups is 1. The molecule has 0 amide bonds. The van der Waals surface area contributed by atoms with E-state index in [-0.39, 0.29) is 5.78 Å². The van der Waals surface area contributed by atoms with Crippen molar-refractivity contribution in [3.05, 3.63) is 70.9 Å². The standard InChI is InChI=1S/C18H14N2O/c1-12-4-2-5-13(8-12)9-17(21)15-11-20-16-7-3-6-14(10-19)18(15)16/h2-8,11,20H,9H2,1H3. The number of aromatic amines is 1. The number of ketones is 1. The van der Waals surface area contributed by atoms with E-state index in [2.05, 4.69) is 11.1 Å². The van der Waals surface area contributed by atoms with Gasteiger partial charge in [-0.2, -0.15) is 5.26 Å². The molecular formula is C18H14N2O. The smallest absolute Gasteiger partial charge is 0.169 e. The summed E-state index contributed by atoms with van der Waals surface area (Å²) in [6.07, 6.45) is 2.04. The number of carbonyl (C=O) groups excluding carboxylic acids is 1. The summed E-state index contributed by atoms with van der Waals surface area (Å²) in [5.41, 5.74) is 4.06. The predicted molar refractivity (Wildman–Crippen MR) is 82.2 cm³/mol. The van der Waals surface area contributed by atoms with Crippen LogP contribution in [0.3, 0.4) is 0 Å². The molecule has 0 aliphatic carbocycles. The molecule has 0 radical (unpaired) electrons. The minimum absolute atomic E-state index is 0.0227. The molecule has 2 aromatic carbocycles.